The molecule has 1 aliphatic rings. The molecule has 2 heterocycles. The second kappa shape index (κ2) is 6.30. The molecule has 3 rings (SSSR count). The number of carbonyl (C=O) groups excluding carboxylic acids is 1. The summed E-state index contributed by atoms with van der Waals surface area (Å²) in [5.41, 5.74) is 0.911. The number of hydrogen-bond acceptors (Lipinski definition) is 6. The third-order valence-electron chi connectivity index (χ3n) is 3.20. The average Bonchev–Trinajstić information content (AvgIpc) is 2.99. The van der Waals surface area contributed by atoms with Crippen molar-refractivity contribution in [3.8, 4) is 11.5 Å². The first-order valence-electron chi connectivity index (χ1n) is 6.72. The molecule has 22 heavy (non-hydrogen) atoms. The molecule has 1 aliphatic heterocycles. The van der Waals surface area contributed by atoms with Crippen molar-refractivity contribution in [3.63, 3.8) is 0 Å². The summed E-state index contributed by atoms with van der Waals surface area (Å²) >= 11 is 3.50. The van der Waals surface area contributed by atoms with Gasteiger partial charge in [-0.2, -0.15) is 0 Å². The minimum atomic E-state index is -0.200. The Morgan fingerprint density at radius 1 is 1.41 bits per heavy atom. The molecule has 1 aromatic carbocycles. The van der Waals surface area contributed by atoms with Gasteiger partial charge in [-0.1, -0.05) is 15.9 Å². The molecule has 1 atom stereocenters. The highest BCUT2D eigenvalue weighted by Gasteiger charge is 2.19. The van der Waals surface area contributed by atoms with Gasteiger partial charge < -0.3 is 14.8 Å². The van der Waals surface area contributed by atoms with Crippen LogP contribution in [0.1, 0.15) is 18.5 Å². The van der Waals surface area contributed by atoms with E-state index in [1.54, 1.807) is 0 Å². The van der Waals surface area contributed by atoms with E-state index < -0.39 is 0 Å². The SMILES string of the molecule is CC(NC(=O)Cn1cnnn1)c1cc2c(cc1Br)OCCO2. The molecule has 0 aliphatic carbocycles. The number of tetrazole rings is 1. The summed E-state index contributed by atoms with van der Waals surface area (Å²) in [7, 11) is 0. The van der Waals surface area contributed by atoms with E-state index in [1.807, 2.05) is 19.1 Å². The molecule has 0 bridgehead atoms. The van der Waals surface area contributed by atoms with Crippen molar-refractivity contribution < 1.29 is 14.3 Å². The standard InChI is InChI=1S/C13H14BrN5O3/c1-8(16-13(20)6-19-7-15-17-18-19)9-4-11-12(5-10(9)14)22-3-2-21-11/h4-5,7-8H,2-3,6H2,1H3,(H,16,20). The largest absolute Gasteiger partial charge is 0.486 e. The number of carbonyl (C=O) groups is 1. The van der Waals surface area contributed by atoms with Gasteiger partial charge in [0.1, 0.15) is 26.1 Å². The number of nitrogens with one attached hydrogen (secondary N) is 1. The third kappa shape index (κ3) is 3.19. The van der Waals surface area contributed by atoms with E-state index in [2.05, 4.69) is 36.8 Å². The first-order chi connectivity index (χ1) is 10.6. The molecule has 1 amide bonds. The Morgan fingerprint density at radius 2 is 2.14 bits per heavy atom. The van der Waals surface area contributed by atoms with Crippen molar-refractivity contribution in [1.29, 1.82) is 0 Å². The topological polar surface area (TPSA) is 91.2 Å². The predicted molar refractivity (Wildman–Crippen MR) is 79.5 cm³/mol. The Labute approximate surface area is 134 Å². The average molecular weight is 368 g/mol. The van der Waals surface area contributed by atoms with Crippen LogP contribution in [0.3, 0.4) is 0 Å². The second-order valence-electron chi connectivity index (χ2n) is 4.81. The number of fused-ring (bicyclic) bond motifs is 1. The van der Waals surface area contributed by atoms with Gasteiger partial charge in [0.05, 0.1) is 6.04 Å². The van der Waals surface area contributed by atoms with Crippen LogP contribution in [-0.2, 0) is 11.3 Å². The first-order valence-corrected chi connectivity index (χ1v) is 7.52. The lowest BCUT2D eigenvalue weighted by Gasteiger charge is -2.22. The molecule has 1 unspecified atom stereocenters. The van der Waals surface area contributed by atoms with Gasteiger partial charge in [0, 0.05) is 4.47 Å². The summed E-state index contributed by atoms with van der Waals surface area (Å²) in [5, 5.41) is 13.5. The number of ether oxygens (including phenoxy) is 2. The molecule has 0 fully saturated rings. The molecule has 0 saturated heterocycles. The molecule has 116 valence electrons. The molecule has 0 spiro atoms. The summed E-state index contributed by atoms with van der Waals surface area (Å²) in [6, 6.07) is 3.53. The number of benzene rings is 1. The zero-order valence-electron chi connectivity index (χ0n) is 11.8. The fourth-order valence-electron chi connectivity index (χ4n) is 2.18. The third-order valence-corrected chi connectivity index (χ3v) is 3.89. The monoisotopic (exact) mass is 367 g/mol. The summed E-state index contributed by atoms with van der Waals surface area (Å²) in [4.78, 5) is 12.0. The number of nitrogens with zero attached hydrogens (tertiary/aromatic N) is 4. The van der Waals surface area contributed by atoms with E-state index in [0.29, 0.717) is 24.7 Å². The van der Waals surface area contributed by atoms with Gasteiger partial charge in [-0.15, -0.1) is 5.10 Å². The maximum Gasteiger partial charge on any atom is 0.242 e. The fraction of sp³-hybridized carbons (Fsp3) is 0.385. The number of rotatable bonds is 4. The zero-order valence-corrected chi connectivity index (χ0v) is 13.4. The number of halogens is 1. The van der Waals surface area contributed by atoms with Crippen molar-refractivity contribution in [2.75, 3.05) is 13.2 Å². The number of amides is 1. The van der Waals surface area contributed by atoms with Crippen LogP contribution < -0.4 is 14.8 Å². The first kappa shape index (κ1) is 14.8. The van der Waals surface area contributed by atoms with Crippen LogP contribution in [0.25, 0.3) is 0 Å². The highest BCUT2D eigenvalue weighted by molar-refractivity contribution is 9.10. The lowest BCUT2D eigenvalue weighted by atomic mass is 10.1. The summed E-state index contributed by atoms with van der Waals surface area (Å²) in [6.07, 6.45) is 1.39. The second-order valence-corrected chi connectivity index (χ2v) is 5.67. The van der Waals surface area contributed by atoms with Crippen LogP contribution in [-0.4, -0.2) is 39.3 Å². The predicted octanol–water partition coefficient (Wildman–Crippen LogP) is 1.08. The molecule has 0 radical (unpaired) electrons. The minimum Gasteiger partial charge on any atom is -0.486 e. The maximum atomic E-state index is 12.0. The van der Waals surface area contributed by atoms with E-state index >= 15 is 0 Å². The molecule has 1 N–H and O–H groups in total. The van der Waals surface area contributed by atoms with Crippen molar-refractivity contribution in [2.24, 2.45) is 0 Å². The molecular formula is C13H14BrN5O3. The van der Waals surface area contributed by atoms with E-state index in [0.717, 1.165) is 10.0 Å². The normalized spacial score (nSPS) is 14.5. The fourth-order valence-corrected chi connectivity index (χ4v) is 2.84. The van der Waals surface area contributed by atoms with Gasteiger partial charge in [0.15, 0.2) is 11.5 Å². The maximum absolute atomic E-state index is 12.0. The van der Waals surface area contributed by atoms with Gasteiger partial charge >= 0.3 is 0 Å². The summed E-state index contributed by atoms with van der Waals surface area (Å²) < 4.78 is 13.3. The van der Waals surface area contributed by atoms with Crippen molar-refractivity contribution in [3.05, 3.63) is 28.5 Å². The highest BCUT2D eigenvalue weighted by atomic mass is 79.9. The zero-order chi connectivity index (χ0) is 15.5. The Kier molecular flexibility index (Phi) is 4.23. The lowest BCUT2D eigenvalue weighted by molar-refractivity contribution is -0.122. The molecule has 2 aromatic rings. The van der Waals surface area contributed by atoms with Crippen LogP contribution in [0, 0.1) is 0 Å². The van der Waals surface area contributed by atoms with Crippen LogP contribution >= 0.6 is 15.9 Å². The number of hydrogen-bond donors (Lipinski definition) is 1. The van der Waals surface area contributed by atoms with Crippen LogP contribution in [0.4, 0.5) is 0 Å². The molecule has 1 aromatic heterocycles. The number of aromatic nitrogens is 4. The van der Waals surface area contributed by atoms with Crippen molar-refractivity contribution in [2.45, 2.75) is 19.5 Å². The van der Waals surface area contributed by atoms with Crippen LogP contribution in [0.5, 0.6) is 11.5 Å². The molecule has 9 heteroatoms. The molecular weight excluding hydrogens is 354 g/mol. The smallest absolute Gasteiger partial charge is 0.242 e. The lowest BCUT2D eigenvalue weighted by Crippen LogP contribution is -2.30. The summed E-state index contributed by atoms with van der Waals surface area (Å²) in [5.74, 6) is 1.21. The van der Waals surface area contributed by atoms with E-state index in [1.165, 1.54) is 11.0 Å². The van der Waals surface area contributed by atoms with Crippen molar-refractivity contribution in [1.82, 2.24) is 25.5 Å². The van der Waals surface area contributed by atoms with Crippen LogP contribution in [0.2, 0.25) is 0 Å². The molecule has 8 nitrogen and oxygen atoms in total. The Bertz CT molecular complexity index is 677. The Morgan fingerprint density at radius 3 is 2.82 bits per heavy atom. The Hall–Kier alpha value is -2.16. The van der Waals surface area contributed by atoms with E-state index in [4.69, 9.17) is 9.47 Å². The van der Waals surface area contributed by atoms with E-state index in [-0.39, 0.29) is 18.5 Å². The Balaban J connectivity index is 1.71. The van der Waals surface area contributed by atoms with Crippen molar-refractivity contribution >= 4 is 21.8 Å². The highest BCUT2D eigenvalue weighted by Crippen LogP contribution is 2.37. The quantitative estimate of drug-likeness (QED) is 0.869. The van der Waals surface area contributed by atoms with Gasteiger partial charge in [-0.25, -0.2) is 4.68 Å². The van der Waals surface area contributed by atoms with Crippen LogP contribution in [0.15, 0.2) is 22.9 Å². The summed E-state index contributed by atoms with van der Waals surface area (Å²) in [6.45, 7) is 3.03. The van der Waals surface area contributed by atoms with Gasteiger partial charge in [-0.3, -0.25) is 4.79 Å². The minimum absolute atomic E-state index is 0.0690. The van der Waals surface area contributed by atoms with Gasteiger partial charge in [-0.05, 0) is 35.0 Å². The molecule has 0 saturated carbocycles. The van der Waals surface area contributed by atoms with E-state index in [9.17, 15) is 4.79 Å². The van der Waals surface area contributed by atoms with Gasteiger partial charge in [0.25, 0.3) is 0 Å². The van der Waals surface area contributed by atoms with Gasteiger partial charge in [0.2, 0.25) is 5.91 Å².